The molecular formula is C20H21F2N3O3S2. The van der Waals surface area contributed by atoms with Crippen molar-refractivity contribution < 1.29 is 22.6 Å². The molecule has 4 rings (SSSR count). The van der Waals surface area contributed by atoms with Crippen LogP contribution in [-0.2, 0) is 22.1 Å². The van der Waals surface area contributed by atoms with Crippen LogP contribution >= 0.6 is 11.3 Å². The van der Waals surface area contributed by atoms with Crippen molar-refractivity contribution in [2.24, 2.45) is 5.92 Å². The van der Waals surface area contributed by atoms with Gasteiger partial charge in [-0.15, -0.1) is 0 Å². The number of carbonyl (C=O) groups excluding carboxylic acids is 2. The zero-order valence-corrected chi connectivity index (χ0v) is 18.3. The van der Waals surface area contributed by atoms with Gasteiger partial charge in [-0.3, -0.25) is 13.8 Å². The number of benzene rings is 1. The Hall–Kier alpha value is -2.20. The van der Waals surface area contributed by atoms with E-state index >= 15 is 0 Å². The molecule has 2 heterocycles. The van der Waals surface area contributed by atoms with Crippen molar-refractivity contribution in [3.8, 4) is 10.4 Å². The molecule has 160 valence electrons. The SMILES string of the molecule is CC(=O)Nc1nc(C(F)F)c(-c2cc3c(c([S@@](C)=O)c2)C(=O)N([C@@H](C)C2CC2)C3)s1. The fourth-order valence-electron chi connectivity index (χ4n) is 3.85. The summed E-state index contributed by atoms with van der Waals surface area (Å²) in [6.07, 6.45) is 0.812. The Morgan fingerprint density at radius 3 is 2.63 bits per heavy atom. The summed E-state index contributed by atoms with van der Waals surface area (Å²) in [4.78, 5) is 30.6. The normalized spacial score (nSPS) is 17.9. The number of nitrogens with zero attached hydrogens (tertiary/aromatic N) is 2. The fraction of sp³-hybridized carbons (Fsp3) is 0.450. The number of thiazole rings is 1. The van der Waals surface area contributed by atoms with Crippen molar-refractivity contribution in [3.05, 3.63) is 29.0 Å². The lowest BCUT2D eigenvalue weighted by Crippen LogP contribution is -2.34. The maximum atomic E-state index is 13.6. The summed E-state index contributed by atoms with van der Waals surface area (Å²) in [5.74, 6) is -0.0837. The topological polar surface area (TPSA) is 79.4 Å². The van der Waals surface area contributed by atoms with Crippen molar-refractivity contribution in [2.45, 2.75) is 50.6 Å². The highest BCUT2D eigenvalue weighted by Crippen LogP contribution is 2.43. The molecule has 0 saturated heterocycles. The van der Waals surface area contributed by atoms with E-state index in [-0.39, 0.29) is 22.0 Å². The van der Waals surface area contributed by atoms with E-state index in [1.807, 2.05) is 6.92 Å². The molecule has 2 amide bonds. The molecule has 1 saturated carbocycles. The van der Waals surface area contributed by atoms with E-state index in [0.29, 0.717) is 34.0 Å². The van der Waals surface area contributed by atoms with Crippen molar-refractivity contribution >= 4 is 39.1 Å². The quantitative estimate of drug-likeness (QED) is 0.711. The molecule has 1 aromatic carbocycles. The van der Waals surface area contributed by atoms with Crippen LogP contribution < -0.4 is 5.32 Å². The van der Waals surface area contributed by atoms with E-state index in [1.54, 1.807) is 11.0 Å². The lowest BCUT2D eigenvalue weighted by atomic mass is 10.0. The molecule has 1 N–H and O–H groups in total. The number of aromatic nitrogens is 1. The van der Waals surface area contributed by atoms with Gasteiger partial charge in [0.2, 0.25) is 5.91 Å². The number of halogens is 2. The molecule has 1 aliphatic heterocycles. The number of hydrogen-bond donors (Lipinski definition) is 1. The Bertz CT molecular complexity index is 1070. The molecule has 1 aromatic heterocycles. The summed E-state index contributed by atoms with van der Waals surface area (Å²) in [5.41, 5.74) is 1.09. The molecule has 30 heavy (non-hydrogen) atoms. The van der Waals surface area contributed by atoms with Crippen LogP contribution in [0.4, 0.5) is 13.9 Å². The molecule has 2 aliphatic rings. The zero-order chi connectivity index (χ0) is 21.7. The van der Waals surface area contributed by atoms with Gasteiger partial charge in [-0.2, -0.15) is 0 Å². The number of hydrogen-bond acceptors (Lipinski definition) is 5. The van der Waals surface area contributed by atoms with Gasteiger partial charge in [0, 0.05) is 25.8 Å². The summed E-state index contributed by atoms with van der Waals surface area (Å²) in [6.45, 7) is 3.66. The van der Waals surface area contributed by atoms with Crippen LogP contribution in [0.3, 0.4) is 0 Å². The zero-order valence-electron chi connectivity index (χ0n) is 16.7. The third-order valence-corrected chi connectivity index (χ3v) is 7.49. The number of rotatable bonds is 6. The highest BCUT2D eigenvalue weighted by molar-refractivity contribution is 7.84. The fourth-order valence-corrected chi connectivity index (χ4v) is 5.66. The Morgan fingerprint density at radius 2 is 2.07 bits per heavy atom. The lowest BCUT2D eigenvalue weighted by Gasteiger charge is -2.24. The van der Waals surface area contributed by atoms with E-state index in [4.69, 9.17) is 0 Å². The van der Waals surface area contributed by atoms with Crippen LogP contribution in [0.1, 0.15) is 54.7 Å². The van der Waals surface area contributed by atoms with Gasteiger partial charge in [0.25, 0.3) is 12.3 Å². The number of alkyl halides is 2. The van der Waals surface area contributed by atoms with Crippen LogP contribution in [0.25, 0.3) is 10.4 Å². The van der Waals surface area contributed by atoms with Crippen molar-refractivity contribution in [1.82, 2.24) is 9.88 Å². The molecule has 2 atom stereocenters. The minimum absolute atomic E-state index is 0.0764. The van der Waals surface area contributed by atoms with Gasteiger partial charge in [-0.05, 0) is 48.9 Å². The molecule has 0 bridgehead atoms. The average Bonchev–Trinajstić information content (AvgIpc) is 3.35. The maximum Gasteiger partial charge on any atom is 0.281 e. The lowest BCUT2D eigenvalue weighted by molar-refractivity contribution is -0.114. The minimum atomic E-state index is -2.84. The third-order valence-electron chi connectivity index (χ3n) is 5.51. The van der Waals surface area contributed by atoms with E-state index < -0.39 is 28.8 Å². The Morgan fingerprint density at radius 1 is 1.37 bits per heavy atom. The first kappa shape index (κ1) is 21.0. The predicted octanol–water partition coefficient (Wildman–Crippen LogP) is 4.20. The Balaban J connectivity index is 1.81. The molecule has 2 aromatic rings. The highest BCUT2D eigenvalue weighted by atomic mass is 32.2. The first-order chi connectivity index (χ1) is 14.2. The van der Waals surface area contributed by atoms with Gasteiger partial charge < -0.3 is 10.2 Å². The van der Waals surface area contributed by atoms with Crippen molar-refractivity contribution in [3.63, 3.8) is 0 Å². The molecule has 0 radical (unpaired) electrons. The number of nitrogens with one attached hydrogen (secondary N) is 1. The van der Waals surface area contributed by atoms with E-state index in [0.717, 1.165) is 24.2 Å². The summed E-state index contributed by atoms with van der Waals surface area (Å²) < 4.78 is 39.7. The van der Waals surface area contributed by atoms with Gasteiger partial charge in [-0.25, -0.2) is 13.8 Å². The van der Waals surface area contributed by atoms with Gasteiger partial charge in [-0.1, -0.05) is 11.3 Å². The minimum Gasteiger partial charge on any atom is -0.331 e. The summed E-state index contributed by atoms with van der Waals surface area (Å²) in [7, 11) is -1.48. The standard InChI is InChI=1S/C20H21F2N3O3S2/c1-9(11-4-5-11)25-8-13-6-12(7-14(30(3)28)15(13)19(25)27)17-16(18(21)22)24-20(29-17)23-10(2)26/h6-7,9,11,18H,4-5,8H2,1-3H3,(H,23,24,26)/t9-,30+/m0/s1. The second kappa shape index (κ2) is 7.81. The molecular weight excluding hydrogens is 432 g/mol. The predicted molar refractivity (Wildman–Crippen MR) is 111 cm³/mol. The van der Waals surface area contributed by atoms with E-state index in [1.165, 1.54) is 19.2 Å². The average molecular weight is 454 g/mol. The molecule has 1 fully saturated rings. The van der Waals surface area contributed by atoms with Crippen LogP contribution in [0, 0.1) is 5.92 Å². The van der Waals surface area contributed by atoms with Crippen LogP contribution in [0.2, 0.25) is 0 Å². The number of carbonyl (C=O) groups is 2. The second-order valence-electron chi connectivity index (χ2n) is 7.69. The van der Waals surface area contributed by atoms with Crippen molar-refractivity contribution in [2.75, 3.05) is 11.6 Å². The van der Waals surface area contributed by atoms with Crippen LogP contribution in [0.5, 0.6) is 0 Å². The monoisotopic (exact) mass is 453 g/mol. The largest absolute Gasteiger partial charge is 0.331 e. The Kier molecular flexibility index (Phi) is 5.48. The second-order valence-corrected chi connectivity index (χ2v) is 10.0. The summed E-state index contributed by atoms with van der Waals surface area (Å²) in [6, 6.07) is 3.33. The molecule has 0 spiro atoms. The summed E-state index contributed by atoms with van der Waals surface area (Å²) >= 11 is 0.937. The molecule has 1 aliphatic carbocycles. The van der Waals surface area contributed by atoms with E-state index in [9.17, 15) is 22.6 Å². The van der Waals surface area contributed by atoms with Gasteiger partial charge in [0.05, 0.1) is 26.1 Å². The first-order valence-corrected chi connectivity index (χ1v) is 11.9. The smallest absolute Gasteiger partial charge is 0.281 e. The number of amides is 2. The number of fused-ring (bicyclic) bond motifs is 1. The number of anilines is 1. The molecule has 0 unspecified atom stereocenters. The molecule has 10 heteroatoms. The molecule has 6 nitrogen and oxygen atoms in total. The van der Waals surface area contributed by atoms with E-state index in [2.05, 4.69) is 10.3 Å². The van der Waals surface area contributed by atoms with Gasteiger partial charge >= 0.3 is 0 Å². The van der Waals surface area contributed by atoms with Gasteiger partial charge in [0.1, 0.15) is 5.69 Å². The Labute approximate surface area is 179 Å². The van der Waals surface area contributed by atoms with Crippen LogP contribution in [0.15, 0.2) is 17.0 Å². The van der Waals surface area contributed by atoms with Crippen molar-refractivity contribution in [1.29, 1.82) is 0 Å². The summed E-state index contributed by atoms with van der Waals surface area (Å²) in [5, 5.41) is 2.52. The maximum absolute atomic E-state index is 13.6. The third kappa shape index (κ3) is 3.78. The first-order valence-electron chi connectivity index (χ1n) is 9.55. The highest BCUT2D eigenvalue weighted by Gasteiger charge is 2.40. The van der Waals surface area contributed by atoms with Crippen LogP contribution in [-0.4, -0.2) is 38.2 Å². The van der Waals surface area contributed by atoms with Gasteiger partial charge in [0.15, 0.2) is 5.13 Å².